The van der Waals surface area contributed by atoms with Gasteiger partial charge in [0.05, 0.1) is 11.3 Å². The summed E-state index contributed by atoms with van der Waals surface area (Å²) in [6.07, 6.45) is 2.19. The van der Waals surface area contributed by atoms with Crippen LogP contribution in [0.1, 0.15) is 19.8 Å². The minimum atomic E-state index is 0.0391. The Morgan fingerprint density at radius 3 is 2.96 bits per heavy atom. The number of nitrogens with one attached hydrogen (secondary N) is 1. The van der Waals surface area contributed by atoms with Crippen LogP contribution in [0.4, 0.5) is 0 Å². The number of aryl methyl sites for hydroxylation is 1. The molecule has 3 aromatic rings. The van der Waals surface area contributed by atoms with Crippen LogP contribution >= 0.6 is 11.8 Å². The first kappa shape index (κ1) is 14.4. The molecular weight excluding hydrogens is 310 g/mol. The third kappa shape index (κ3) is 2.76. The van der Waals surface area contributed by atoms with Crippen molar-refractivity contribution >= 4 is 39.7 Å². The summed E-state index contributed by atoms with van der Waals surface area (Å²) >= 11 is 1.33. The van der Waals surface area contributed by atoms with Crippen molar-refractivity contribution in [3.8, 4) is 0 Å². The minimum Gasteiger partial charge on any atom is -0.353 e. The van der Waals surface area contributed by atoms with E-state index in [1.165, 1.54) is 11.8 Å². The molecule has 0 aliphatic heterocycles. The van der Waals surface area contributed by atoms with Gasteiger partial charge in [0.15, 0.2) is 5.65 Å². The maximum Gasteiger partial charge on any atom is 0.230 e. The Balaban J connectivity index is 1.64. The molecule has 0 bridgehead atoms. The number of para-hydroxylation sites is 1. The first-order valence-corrected chi connectivity index (χ1v) is 8.78. The van der Waals surface area contributed by atoms with Crippen LogP contribution in [0.3, 0.4) is 0 Å². The molecule has 118 valence electrons. The normalized spacial score (nSPS) is 14.5. The van der Waals surface area contributed by atoms with Crippen molar-refractivity contribution in [1.29, 1.82) is 0 Å². The molecule has 0 unspecified atom stereocenters. The second kappa shape index (κ2) is 5.81. The topological polar surface area (TPSA) is 72.7 Å². The molecule has 1 aliphatic carbocycles. The van der Waals surface area contributed by atoms with Crippen LogP contribution in [0.5, 0.6) is 0 Å². The summed E-state index contributed by atoms with van der Waals surface area (Å²) in [7, 11) is 0. The highest BCUT2D eigenvalue weighted by Gasteiger charge is 2.23. The molecule has 6 nitrogen and oxygen atoms in total. The van der Waals surface area contributed by atoms with Gasteiger partial charge >= 0.3 is 0 Å². The maximum atomic E-state index is 11.8. The molecular formula is C16H17N5OS. The zero-order valence-corrected chi connectivity index (χ0v) is 13.6. The fraction of sp³-hybridized carbons (Fsp3) is 0.375. The summed E-state index contributed by atoms with van der Waals surface area (Å²) in [4.78, 5) is 16.4. The second-order valence-corrected chi connectivity index (χ2v) is 6.60. The van der Waals surface area contributed by atoms with Crippen molar-refractivity contribution in [2.75, 3.05) is 5.75 Å². The molecule has 23 heavy (non-hydrogen) atoms. The van der Waals surface area contributed by atoms with Gasteiger partial charge in [0.1, 0.15) is 5.52 Å². The summed E-state index contributed by atoms with van der Waals surface area (Å²) < 4.78 is 2.13. The third-order valence-electron chi connectivity index (χ3n) is 3.95. The monoisotopic (exact) mass is 327 g/mol. The lowest BCUT2D eigenvalue weighted by Crippen LogP contribution is -2.27. The Morgan fingerprint density at radius 2 is 2.17 bits per heavy atom. The molecule has 0 spiro atoms. The predicted molar refractivity (Wildman–Crippen MR) is 90.4 cm³/mol. The molecule has 0 radical (unpaired) electrons. The number of rotatable bonds is 5. The second-order valence-electron chi connectivity index (χ2n) is 5.66. The van der Waals surface area contributed by atoms with Crippen LogP contribution in [0.15, 0.2) is 29.4 Å². The van der Waals surface area contributed by atoms with Gasteiger partial charge in [-0.3, -0.25) is 4.79 Å². The lowest BCUT2D eigenvalue weighted by atomic mass is 10.2. The summed E-state index contributed by atoms with van der Waals surface area (Å²) in [5.41, 5.74) is 2.75. The highest BCUT2D eigenvalue weighted by Crippen LogP contribution is 2.27. The number of aromatic nitrogens is 4. The molecule has 0 atom stereocenters. The first-order valence-electron chi connectivity index (χ1n) is 7.80. The zero-order valence-electron chi connectivity index (χ0n) is 12.8. The highest BCUT2D eigenvalue weighted by molar-refractivity contribution is 7.99. The number of carbonyl (C=O) groups excluding carboxylic acids is 1. The van der Waals surface area contributed by atoms with Crippen molar-refractivity contribution in [3.63, 3.8) is 0 Å². The molecule has 0 saturated heterocycles. The summed E-state index contributed by atoms with van der Waals surface area (Å²) in [5, 5.41) is 13.1. The van der Waals surface area contributed by atoms with Crippen LogP contribution in [-0.4, -0.2) is 37.5 Å². The summed E-state index contributed by atoms with van der Waals surface area (Å²) in [5.74, 6) is 0.369. The van der Waals surface area contributed by atoms with E-state index >= 15 is 0 Å². The number of hydrogen-bond acceptors (Lipinski definition) is 5. The van der Waals surface area contributed by atoms with Crippen LogP contribution in [0.2, 0.25) is 0 Å². The van der Waals surface area contributed by atoms with E-state index in [1.807, 2.05) is 18.2 Å². The number of benzene rings is 1. The molecule has 1 saturated carbocycles. The quantitative estimate of drug-likeness (QED) is 0.728. The van der Waals surface area contributed by atoms with Crippen LogP contribution in [0.25, 0.3) is 22.1 Å². The van der Waals surface area contributed by atoms with Crippen molar-refractivity contribution in [2.24, 2.45) is 0 Å². The van der Waals surface area contributed by atoms with Gasteiger partial charge in [-0.15, -0.1) is 10.2 Å². The average Bonchev–Trinajstić information content (AvgIpc) is 3.33. The van der Waals surface area contributed by atoms with E-state index in [4.69, 9.17) is 0 Å². The minimum absolute atomic E-state index is 0.0391. The van der Waals surface area contributed by atoms with Crippen molar-refractivity contribution < 1.29 is 4.79 Å². The van der Waals surface area contributed by atoms with Gasteiger partial charge in [0.2, 0.25) is 11.1 Å². The lowest BCUT2D eigenvalue weighted by molar-refractivity contribution is -0.118. The number of fused-ring (bicyclic) bond motifs is 3. The Hall–Kier alpha value is -2.15. The molecule has 2 heterocycles. The number of amides is 1. The molecule has 1 fully saturated rings. The molecule has 1 N–H and O–H groups in total. The van der Waals surface area contributed by atoms with E-state index in [0.717, 1.165) is 41.5 Å². The first-order chi connectivity index (χ1) is 11.3. The molecule has 1 amide bonds. The molecule has 7 heteroatoms. The van der Waals surface area contributed by atoms with Crippen LogP contribution in [0, 0.1) is 0 Å². The van der Waals surface area contributed by atoms with E-state index in [1.54, 1.807) is 0 Å². The van der Waals surface area contributed by atoms with Crippen molar-refractivity contribution in [2.45, 2.75) is 37.5 Å². The summed E-state index contributed by atoms with van der Waals surface area (Å²) in [6, 6.07) is 8.49. The van der Waals surface area contributed by atoms with Gasteiger partial charge in [0, 0.05) is 18.0 Å². The van der Waals surface area contributed by atoms with E-state index in [0.29, 0.717) is 17.0 Å². The van der Waals surface area contributed by atoms with E-state index in [9.17, 15) is 4.79 Å². The Kier molecular flexibility index (Phi) is 3.65. The van der Waals surface area contributed by atoms with Gasteiger partial charge in [-0.05, 0) is 25.8 Å². The zero-order chi connectivity index (χ0) is 15.8. The molecule has 2 aromatic heterocycles. The largest absolute Gasteiger partial charge is 0.353 e. The Labute approximate surface area is 137 Å². The summed E-state index contributed by atoms with van der Waals surface area (Å²) in [6.45, 7) is 2.90. The fourth-order valence-electron chi connectivity index (χ4n) is 2.70. The fourth-order valence-corrected chi connectivity index (χ4v) is 3.29. The predicted octanol–water partition coefficient (Wildman–Crippen LogP) is 2.37. The van der Waals surface area contributed by atoms with Gasteiger partial charge < -0.3 is 9.88 Å². The number of thioether (sulfide) groups is 1. The van der Waals surface area contributed by atoms with E-state index < -0.39 is 0 Å². The van der Waals surface area contributed by atoms with Crippen LogP contribution in [-0.2, 0) is 11.3 Å². The number of nitrogens with zero attached hydrogens (tertiary/aromatic N) is 4. The van der Waals surface area contributed by atoms with Crippen molar-refractivity contribution in [1.82, 2.24) is 25.1 Å². The Bertz CT molecular complexity index is 887. The van der Waals surface area contributed by atoms with Gasteiger partial charge in [-0.2, -0.15) is 0 Å². The number of carbonyl (C=O) groups is 1. The Morgan fingerprint density at radius 1 is 1.35 bits per heavy atom. The van der Waals surface area contributed by atoms with Crippen molar-refractivity contribution in [3.05, 3.63) is 24.3 Å². The molecule has 4 rings (SSSR count). The highest BCUT2D eigenvalue weighted by atomic mass is 32.2. The van der Waals surface area contributed by atoms with E-state index in [2.05, 4.69) is 38.1 Å². The smallest absolute Gasteiger partial charge is 0.230 e. The van der Waals surface area contributed by atoms with Gasteiger partial charge in [-0.25, -0.2) is 4.98 Å². The average molecular weight is 327 g/mol. The van der Waals surface area contributed by atoms with E-state index in [-0.39, 0.29) is 5.91 Å². The standard InChI is InChI=1S/C16H17N5OS/c1-2-21-12-6-4-3-5-11(12)14-15(21)18-16(20-19-14)23-9-13(22)17-10-7-8-10/h3-6,10H,2,7-9H2,1H3,(H,17,22). The molecule has 1 aliphatic rings. The number of hydrogen-bond donors (Lipinski definition) is 1. The lowest BCUT2D eigenvalue weighted by Gasteiger charge is -2.03. The van der Waals surface area contributed by atoms with Gasteiger partial charge in [0.25, 0.3) is 0 Å². The van der Waals surface area contributed by atoms with Crippen LogP contribution < -0.4 is 5.32 Å². The third-order valence-corrected chi connectivity index (χ3v) is 4.78. The maximum absolute atomic E-state index is 11.8. The van der Waals surface area contributed by atoms with Gasteiger partial charge in [-0.1, -0.05) is 30.0 Å². The SMILES string of the molecule is CCn1c2ccccc2c2nnc(SCC(=O)NC3CC3)nc21. The molecule has 1 aromatic carbocycles.